The van der Waals surface area contributed by atoms with Crippen LogP contribution >= 0.6 is 11.8 Å². The minimum absolute atomic E-state index is 0.199. The van der Waals surface area contributed by atoms with Gasteiger partial charge in [-0.2, -0.15) is 0 Å². The van der Waals surface area contributed by atoms with Crippen molar-refractivity contribution in [3.63, 3.8) is 0 Å². The largest absolute Gasteiger partial charge is 0.316 e. The van der Waals surface area contributed by atoms with Gasteiger partial charge in [-0.1, -0.05) is 30.3 Å². The highest BCUT2D eigenvalue weighted by Gasteiger charge is 2.37. The van der Waals surface area contributed by atoms with Crippen molar-refractivity contribution < 1.29 is 0 Å². The van der Waals surface area contributed by atoms with E-state index >= 15 is 0 Å². The molecule has 3 rings (SSSR count). The van der Waals surface area contributed by atoms with E-state index in [0.29, 0.717) is 5.25 Å². The van der Waals surface area contributed by atoms with Gasteiger partial charge in [-0.15, -0.1) is 11.8 Å². The molecule has 1 spiro atoms. The molecule has 0 radical (unpaired) electrons. The van der Waals surface area contributed by atoms with Gasteiger partial charge in [0.25, 0.3) is 0 Å². The summed E-state index contributed by atoms with van der Waals surface area (Å²) in [7, 11) is 0. The zero-order chi connectivity index (χ0) is 11.6. The molecule has 2 aliphatic rings. The lowest BCUT2D eigenvalue weighted by atomic mass is 10.1. The van der Waals surface area contributed by atoms with Crippen molar-refractivity contribution in [3.8, 4) is 0 Å². The number of aliphatic imine (C=N–C) groups is 1. The first-order valence-corrected chi connectivity index (χ1v) is 7.22. The van der Waals surface area contributed by atoms with Crippen LogP contribution in [0.15, 0.2) is 35.3 Å². The highest BCUT2D eigenvalue weighted by Crippen LogP contribution is 2.42. The Bertz CT molecular complexity index is 396. The Balaban J connectivity index is 1.63. The Morgan fingerprint density at radius 1 is 1.24 bits per heavy atom. The van der Waals surface area contributed by atoms with E-state index in [2.05, 4.69) is 53.6 Å². The van der Waals surface area contributed by atoms with Crippen LogP contribution in [0.4, 0.5) is 0 Å². The molecule has 3 heteroatoms. The molecule has 1 aromatic rings. The van der Waals surface area contributed by atoms with E-state index in [1.165, 1.54) is 18.4 Å². The molecule has 2 heterocycles. The second-order valence-corrected chi connectivity index (χ2v) is 6.42. The summed E-state index contributed by atoms with van der Waals surface area (Å²) in [5, 5.41) is 3.98. The van der Waals surface area contributed by atoms with Gasteiger partial charge in [0.05, 0.1) is 0 Å². The highest BCUT2D eigenvalue weighted by atomic mass is 32.2. The number of nitrogens with one attached hydrogen (secondary N) is 1. The van der Waals surface area contributed by atoms with E-state index < -0.39 is 0 Å². The predicted molar refractivity (Wildman–Crippen MR) is 74.9 cm³/mol. The molecule has 17 heavy (non-hydrogen) atoms. The Kier molecular flexibility index (Phi) is 3.21. The van der Waals surface area contributed by atoms with E-state index in [4.69, 9.17) is 4.99 Å². The lowest BCUT2D eigenvalue weighted by Gasteiger charge is -2.31. The fourth-order valence-electron chi connectivity index (χ4n) is 2.57. The number of thioether (sulfide) groups is 1. The monoisotopic (exact) mass is 246 g/mol. The molecule has 0 aliphatic carbocycles. The standard InChI is InChI=1S/C14H18N2S/c1-2-4-12(5-3-1)10-13-11-16-14(17-13)6-8-15-9-7-14/h1-5,11,13,15H,6-10H2. The fraction of sp³-hybridized carbons (Fsp3) is 0.500. The van der Waals surface area contributed by atoms with E-state index in [9.17, 15) is 0 Å². The summed E-state index contributed by atoms with van der Waals surface area (Å²) in [6.45, 7) is 2.23. The van der Waals surface area contributed by atoms with Crippen LogP contribution in [0.25, 0.3) is 0 Å². The van der Waals surface area contributed by atoms with Crippen LogP contribution in [0.3, 0.4) is 0 Å². The van der Waals surface area contributed by atoms with E-state index in [1.54, 1.807) is 0 Å². The molecule has 90 valence electrons. The Morgan fingerprint density at radius 2 is 2.00 bits per heavy atom. The van der Waals surface area contributed by atoms with Gasteiger partial charge in [0, 0.05) is 11.5 Å². The van der Waals surface area contributed by atoms with Gasteiger partial charge in [0.2, 0.25) is 0 Å². The summed E-state index contributed by atoms with van der Waals surface area (Å²) < 4.78 is 0. The molecule has 1 aromatic carbocycles. The van der Waals surface area contributed by atoms with Crippen LogP contribution in [0.1, 0.15) is 18.4 Å². The molecule has 0 bridgehead atoms. The van der Waals surface area contributed by atoms with E-state index in [0.717, 1.165) is 19.5 Å². The normalized spacial score (nSPS) is 26.5. The third kappa shape index (κ3) is 2.55. The first kappa shape index (κ1) is 11.3. The third-order valence-corrected chi connectivity index (χ3v) is 5.05. The van der Waals surface area contributed by atoms with Crippen LogP contribution in [0.2, 0.25) is 0 Å². The molecular weight excluding hydrogens is 228 g/mol. The van der Waals surface area contributed by atoms with Crippen molar-refractivity contribution in [2.24, 2.45) is 4.99 Å². The number of benzene rings is 1. The quantitative estimate of drug-likeness (QED) is 0.867. The smallest absolute Gasteiger partial charge is 0.108 e. The molecule has 2 nitrogen and oxygen atoms in total. The second-order valence-electron chi connectivity index (χ2n) is 4.82. The molecular formula is C14H18N2S. The molecule has 1 atom stereocenters. The second kappa shape index (κ2) is 4.83. The predicted octanol–water partition coefficient (Wildman–Crippen LogP) is 2.50. The van der Waals surface area contributed by atoms with Gasteiger partial charge >= 0.3 is 0 Å². The Labute approximate surface area is 107 Å². The minimum atomic E-state index is 0.199. The Morgan fingerprint density at radius 3 is 2.76 bits per heavy atom. The SMILES string of the molecule is C1=NC2(CCNCC2)SC1Cc1ccccc1. The summed E-state index contributed by atoms with van der Waals surface area (Å²) in [6.07, 6.45) is 5.66. The summed E-state index contributed by atoms with van der Waals surface area (Å²) in [6, 6.07) is 10.7. The van der Waals surface area contributed by atoms with E-state index in [1.807, 2.05) is 0 Å². The zero-order valence-electron chi connectivity index (χ0n) is 9.93. The van der Waals surface area contributed by atoms with Gasteiger partial charge in [-0.3, -0.25) is 4.99 Å². The molecule has 1 N–H and O–H groups in total. The van der Waals surface area contributed by atoms with Crippen molar-refractivity contribution in [1.29, 1.82) is 0 Å². The first-order chi connectivity index (χ1) is 8.36. The van der Waals surface area contributed by atoms with Crippen LogP contribution < -0.4 is 5.32 Å². The lowest BCUT2D eigenvalue weighted by molar-refractivity contribution is 0.430. The lowest BCUT2D eigenvalue weighted by Crippen LogP contribution is -2.37. The molecule has 0 saturated carbocycles. The van der Waals surface area contributed by atoms with Crippen molar-refractivity contribution in [2.75, 3.05) is 13.1 Å². The van der Waals surface area contributed by atoms with E-state index in [-0.39, 0.29) is 4.87 Å². The van der Waals surface area contributed by atoms with Crippen LogP contribution in [-0.4, -0.2) is 29.4 Å². The molecule has 1 saturated heterocycles. The minimum Gasteiger partial charge on any atom is -0.316 e. The van der Waals surface area contributed by atoms with Crippen LogP contribution in [0, 0.1) is 0 Å². The maximum atomic E-state index is 4.80. The summed E-state index contributed by atoms with van der Waals surface area (Å²) in [5.74, 6) is 0. The van der Waals surface area contributed by atoms with Crippen molar-refractivity contribution in [2.45, 2.75) is 29.4 Å². The van der Waals surface area contributed by atoms with Crippen molar-refractivity contribution >= 4 is 18.0 Å². The van der Waals surface area contributed by atoms with Crippen molar-refractivity contribution in [3.05, 3.63) is 35.9 Å². The average Bonchev–Trinajstić information content (AvgIpc) is 2.74. The Hall–Kier alpha value is -0.800. The number of rotatable bonds is 2. The van der Waals surface area contributed by atoms with Crippen molar-refractivity contribution in [1.82, 2.24) is 5.32 Å². The van der Waals surface area contributed by atoms with Gasteiger partial charge in [-0.25, -0.2) is 0 Å². The summed E-state index contributed by atoms with van der Waals surface area (Å²) in [5.41, 5.74) is 1.42. The fourth-order valence-corrected chi connectivity index (χ4v) is 4.09. The number of piperidine rings is 1. The number of hydrogen-bond acceptors (Lipinski definition) is 3. The summed E-state index contributed by atoms with van der Waals surface area (Å²) in [4.78, 5) is 5.00. The first-order valence-electron chi connectivity index (χ1n) is 6.34. The van der Waals surface area contributed by atoms with Crippen LogP contribution in [-0.2, 0) is 6.42 Å². The van der Waals surface area contributed by atoms with Gasteiger partial charge in [0.1, 0.15) is 4.87 Å². The van der Waals surface area contributed by atoms with Crippen LogP contribution in [0.5, 0.6) is 0 Å². The van der Waals surface area contributed by atoms with Gasteiger partial charge < -0.3 is 5.32 Å². The molecule has 0 aromatic heterocycles. The number of hydrogen-bond donors (Lipinski definition) is 1. The third-order valence-electron chi connectivity index (χ3n) is 3.51. The number of nitrogens with zero attached hydrogens (tertiary/aromatic N) is 1. The molecule has 0 amide bonds. The van der Waals surface area contributed by atoms with Gasteiger partial charge in [-0.05, 0) is 37.9 Å². The topological polar surface area (TPSA) is 24.4 Å². The molecule has 1 unspecified atom stereocenters. The zero-order valence-corrected chi connectivity index (χ0v) is 10.7. The average molecular weight is 246 g/mol. The maximum absolute atomic E-state index is 4.80. The molecule has 2 aliphatic heterocycles. The maximum Gasteiger partial charge on any atom is 0.108 e. The van der Waals surface area contributed by atoms with Gasteiger partial charge in [0.15, 0.2) is 0 Å². The molecule has 1 fully saturated rings. The summed E-state index contributed by atoms with van der Waals surface area (Å²) >= 11 is 2.07. The highest BCUT2D eigenvalue weighted by molar-refractivity contribution is 8.02.